The van der Waals surface area contributed by atoms with Crippen molar-refractivity contribution in [3.8, 4) is 0 Å². The Hall–Kier alpha value is -0.0851. The molecular formula is C7H12BO4P. The van der Waals surface area contributed by atoms with Crippen LogP contribution in [0.4, 0.5) is 0 Å². The maximum Gasteiger partial charge on any atom is 0.348 e. The molecule has 2 radical (unpaired) electrons. The zero-order chi connectivity index (χ0) is 10.1. The topological polar surface area (TPSA) is 66.8 Å². The highest BCUT2D eigenvalue weighted by molar-refractivity contribution is 7.55. The van der Waals surface area contributed by atoms with Crippen molar-refractivity contribution in [2.45, 2.75) is 25.5 Å². The van der Waals surface area contributed by atoms with E-state index in [9.17, 15) is 4.57 Å². The van der Waals surface area contributed by atoms with Gasteiger partial charge in [-0.2, -0.15) is 0 Å². The van der Waals surface area contributed by atoms with Crippen molar-refractivity contribution >= 4 is 15.4 Å². The van der Waals surface area contributed by atoms with Crippen molar-refractivity contribution in [1.82, 2.24) is 0 Å². The fraction of sp³-hybridized carbons (Fsp3) is 0.714. The largest absolute Gasteiger partial charge is 0.380 e. The Morgan fingerprint density at radius 2 is 2.23 bits per heavy atom. The summed E-state index contributed by atoms with van der Waals surface area (Å²) in [5.74, 6) is 1.09. The van der Waals surface area contributed by atoms with Gasteiger partial charge in [-0.05, 0) is 18.4 Å². The molecule has 1 heterocycles. The maximum absolute atomic E-state index is 10.5. The lowest BCUT2D eigenvalue weighted by Crippen LogP contribution is -2.12. The second-order valence-electron chi connectivity index (χ2n) is 3.28. The first kappa shape index (κ1) is 11.0. The third-order valence-corrected chi connectivity index (χ3v) is 2.55. The summed E-state index contributed by atoms with van der Waals surface area (Å²) in [7, 11) is 1.50. The molecule has 2 N–H and O–H groups in total. The van der Waals surface area contributed by atoms with E-state index in [2.05, 4.69) is 0 Å². The minimum absolute atomic E-state index is 0.228. The lowest BCUT2D eigenvalue weighted by atomic mass is 9.88. The number of rotatable bonds is 2. The van der Waals surface area contributed by atoms with Gasteiger partial charge in [-0.3, -0.25) is 4.57 Å². The lowest BCUT2D eigenvalue weighted by Gasteiger charge is -2.07. The Morgan fingerprint density at radius 1 is 1.62 bits per heavy atom. The Labute approximate surface area is 78.6 Å². The number of hydrogen-bond donors (Lipinski definition) is 2. The van der Waals surface area contributed by atoms with Crippen LogP contribution in [0.25, 0.3) is 0 Å². The minimum atomic E-state index is -4.06. The molecule has 13 heavy (non-hydrogen) atoms. The van der Waals surface area contributed by atoms with E-state index >= 15 is 0 Å². The predicted molar refractivity (Wildman–Crippen MR) is 49.4 cm³/mol. The molecule has 0 aromatic carbocycles. The zero-order valence-corrected chi connectivity index (χ0v) is 8.22. The standard InChI is InChI=1S/C7H12BO4P/c1-5-4-6(12-7(5)8)2-3-13(9,10)11/h2-3,5-7H,4H2,1H3,(H2,9,10,11)/b3-2+/t5-,6+,7+/m0/s1. The second kappa shape index (κ2) is 3.97. The molecule has 0 bridgehead atoms. The average Bonchev–Trinajstić information content (AvgIpc) is 2.27. The Kier molecular flexibility index (Phi) is 3.35. The third-order valence-electron chi connectivity index (χ3n) is 1.99. The van der Waals surface area contributed by atoms with Gasteiger partial charge in [0.1, 0.15) is 7.85 Å². The quantitative estimate of drug-likeness (QED) is 0.508. The molecule has 0 aromatic heterocycles. The molecule has 1 aliphatic heterocycles. The van der Waals surface area contributed by atoms with Crippen LogP contribution >= 0.6 is 7.60 Å². The molecule has 0 saturated carbocycles. The summed E-state index contributed by atoms with van der Waals surface area (Å²) in [5, 5.41) is 0. The summed E-state index contributed by atoms with van der Waals surface area (Å²) in [6.07, 6.45) is 1.82. The fourth-order valence-electron chi connectivity index (χ4n) is 1.22. The normalized spacial score (nSPS) is 35.8. The van der Waals surface area contributed by atoms with Crippen molar-refractivity contribution < 1.29 is 19.1 Å². The number of hydrogen-bond acceptors (Lipinski definition) is 2. The van der Waals surface area contributed by atoms with Gasteiger partial charge in [0, 0.05) is 11.8 Å². The van der Waals surface area contributed by atoms with Crippen molar-refractivity contribution in [2.24, 2.45) is 5.92 Å². The van der Waals surface area contributed by atoms with Crippen LogP contribution in [-0.2, 0) is 9.30 Å². The van der Waals surface area contributed by atoms with Gasteiger partial charge in [0.05, 0.1) is 6.10 Å². The Balaban J connectivity index is 2.49. The van der Waals surface area contributed by atoms with Crippen LogP contribution in [-0.4, -0.2) is 29.7 Å². The first-order chi connectivity index (χ1) is 5.88. The number of ether oxygens (including phenoxy) is 1. The van der Waals surface area contributed by atoms with E-state index in [0.29, 0.717) is 6.42 Å². The molecule has 6 heteroatoms. The zero-order valence-electron chi connectivity index (χ0n) is 7.33. The van der Waals surface area contributed by atoms with Crippen molar-refractivity contribution in [3.05, 3.63) is 11.9 Å². The van der Waals surface area contributed by atoms with Crippen LogP contribution in [0.1, 0.15) is 13.3 Å². The maximum atomic E-state index is 10.5. The molecule has 0 aromatic rings. The first-order valence-corrected chi connectivity index (χ1v) is 5.72. The molecule has 1 rings (SSSR count). The van der Waals surface area contributed by atoms with Gasteiger partial charge >= 0.3 is 7.60 Å². The molecule has 3 atom stereocenters. The molecule has 72 valence electrons. The summed E-state index contributed by atoms with van der Waals surface area (Å²) in [5.41, 5.74) is 0. The van der Waals surface area contributed by atoms with Gasteiger partial charge < -0.3 is 14.5 Å². The SMILES string of the molecule is [B][C@@H]1O[C@H](/C=C/P(=O)(O)O)C[C@@H]1C. The van der Waals surface area contributed by atoms with Gasteiger partial charge in [0.25, 0.3) is 0 Å². The highest BCUT2D eigenvalue weighted by Gasteiger charge is 2.26. The van der Waals surface area contributed by atoms with Gasteiger partial charge in [0.2, 0.25) is 0 Å². The molecule has 1 aliphatic rings. The fourth-order valence-corrected chi connectivity index (χ4v) is 1.64. The first-order valence-electron chi connectivity index (χ1n) is 4.04. The van der Waals surface area contributed by atoms with E-state index in [1.54, 1.807) is 0 Å². The molecule has 0 spiro atoms. The molecule has 1 saturated heterocycles. The molecule has 0 aliphatic carbocycles. The summed E-state index contributed by atoms with van der Waals surface area (Å²) < 4.78 is 15.7. The monoisotopic (exact) mass is 202 g/mol. The van der Waals surface area contributed by atoms with Gasteiger partial charge in [-0.1, -0.05) is 6.92 Å². The highest BCUT2D eigenvalue weighted by atomic mass is 31.2. The van der Waals surface area contributed by atoms with E-state index in [0.717, 1.165) is 5.82 Å². The molecule has 4 nitrogen and oxygen atoms in total. The van der Waals surface area contributed by atoms with E-state index < -0.39 is 7.60 Å². The molecule has 0 amide bonds. The highest BCUT2D eigenvalue weighted by Crippen LogP contribution is 2.37. The average molecular weight is 202 g/mol. The second-order valence-corrected chi connectivity index (χ2v) is 4.76. The van der Waals surface area contributed by atoms with Crippen LogP contribution in [0.5, 0.6) is 0 Å². The Bertz CT molecular complexity index is 239. The van der Waals surface area contributed by atoms with Gasteiger partial charge in [0.15, 0.2) is 0 Å². The molecule has 1 fully saturated rings. The van der Waals surface area contributed by atoms with Crippen LogP contribution in [0.3, 0.4) is 0 Å². The van der Waals surface area contributed by atoms with Gasteiger partial charge in [-0.15, -0.1) is 0 Å². The molecular weight excluding hydrogens is 190 g/mol. The van der Waals surface area contributed by atoms with Crippen LogP contribution in [0.15, 0.2) is 11.9 Å². The minimum Gasteiger partial charge on any atom is -0.380 e. The summed E-state index contributed by atoms with van der Waals surface area (Å²) in [6, 6.07) is -0.327. The predicted octanol–water partition coefficient (Wildman–Crippen LogP) is 0.597. The van der Waals surface area contributed by atoms with E-state index in [1.165, 1.54) is 6.08 Å². The van der Waals surface area contributed by atoms with Crippen LogP contribution in [0, 0.1) is 5.92 Å². The smallest absolute Gasteiger partial charge is 0.348 e. The van der Waals surface area contributed by atoms with E-state index in [4.69, 9.17) is 22.4 Å². The van der Waals surface area contributed by atoms with Gasteiger partial charge in [-0.25, -0.2) is 0 Å². The van der Waals surface area contributed by atoms with Crippen molar-refractivity contribution in [2.75, 3.05) is 0 Å². The summed E-state index contributed by atoms with van der Waals surface area (Å²) >= 11 is 0. The Morgan fingerprint density at radius 3 is 2.62 bits per heavy atom. The third kappa shape index (κ3) is 3.65. The lowest BCUT2D eigenvalue weighted by molar-refractivity contribution is 0.112. The van der Waals surface area contributed by atoms with Crippen LogP contribution in [0.2, 0.25) is 0 Å². The van der Waals surface area contributed by atoms with E-state index in [-0.39, 0.29) is 18.0 Å². The summed E-state index contributed by atoms with van der Waals surface area (Å²) in [4.78, 5) is 17.1. The summed E-state index contributed by atoms with van der Waals surface area (Å²) in [6.45, 7) is 1.94. The molecule has 0 unspecified atom stereocenters. The van der Waals surface area contributed by atoms with Crippen molar-refractivity contribution in [3.63, 3.8) is 0 Å². The van der Waals surface area contributed by atoms with E-state index in [1.807, 2.05) is 6.92 Å². The van der Waals surface area contributed by atoms with Crippen molar-refractivity contribution in [1.29, 1.82) is 0 Å². The van der Waals surface area contributed by atoms with Crippen LogP contribution < -0.4 is 0 Å².